The van der Waals surface area contributed by atoms with Crippen molar-refractivity contribution in [1.82, 2.24) is 0 Å². The molecule has 1 unspecified atom stereocenters. The Kier molecular flexibility index (Phi) is 12.9. The second kappa shape index (κ2) is 18.6. The molecule has 6 aromatic rings. The Bertz CT molecular complexity index is 2070. The van der Waals surface area contributed by atoms with E-state index in [1.165, 1.54) is 0 Å². The van der Waals surface area contributed by atoms with E-state index in [2.05, 4.69) is 97.1 Å². The predicted octanol–water partition coefficient (Wildman–Crippen LogP) is 9.68. The summed E-state index contributed by atoms with van der Waals surface area (Å²) in [5.74, 6) is 1.72. The van der Waals surface area contributed by atoms with E-state index in [-0.39, 0.29) is 24.7 Å². The summed E-state index contributed by atoms with van der Waals surface area (Å²) in [6.45, 7) is 0. The summed E-state index contributed by atoms with van der Waals surface area (Å²) in [5, 5.41) is 0. The topological polar surface area (TPSA) is 106 Å². The zero-order valence-electron chi connectivity index (χ0n) is 34.7. The Morgan fingerprint density at radius 3 is 1.03 bits per heavy atom. The van der Waals surface area contributed by atoms with Gasteiger partial charge in [-0.25, -0.2) is 0 Å². The van der Waals surface area contributed by atoms with Crippen molar-refractivity contribution < 1.29 is 33.3 Å². The monoisotopic (exact) mass is 803 g/mol. The van der Waals surface area contributed by atoms with Crippen LogP contribution < -0.4 is 24.7 Å². The molecule has 0 saturated heterocycles. The lowest BCUT2D eigenvalue weighted by atomic mass is 9.51. The molecule has 2 N–H and O–H groups in total. The molecular weight excluding hydrogens is 751 g/mol. The molecule has 0 bridgehead atoms. The Morgan fingerprint density at radius 2 is 0.750 bits per heavy atom. The Labute approximate surface area is 353 Å². The van der Waals surface area contributed by atoms with E-state index >= 15 is 0 Å². The van der Waals surface area contributed by atoms with Crippen LogP contribution in [0.15, 0.2) is 158 Å². The minimum atomic E-state index is -0.751. The Morgan fingerprint density at radius 1 is 0.450 bits per heavy atom. The van der Waals surface area contributed by atoms with E-state index in [4.69, 9.17) is 29.4 Å². The number of carbonyl (C=O) groups is 2. The number of benzene rings is 6. The number of primary amides is 1. The van der Waals surface area contributed by atoms with Crippen LogP contribution in [0, 0.1) is 11.8 Å². The summed E-state index contributed by atoms with van der Waals surface area (Å²) in [7, 11) is 6.70. The van der Waals surface area contributed by atoms with Gasteiger partial charge in [0.05, 0.1) is 34.9 Å². The van der Waals surface area contributed by atoms with Crippen molar-refractivity contribution in [3.05, 3.63) is 191 Å². The lowest BCUT2D eigenvalue weighted by Crippen LogP contribution is -2.49. The SMILES string of the molecule is COc1ccc(C(c2ccccc2)(c2ccc(OC)cc2)[C@@H]2CC(OC(=O)CCC(N)=O)C[C@H](C(c3ccccc3)(c3ccc(OC)cc3)c3ccc(OC)cc3)C2)cc1. The van der Waals surface area contributed by atoms with Crippen LogP contribution in [-0.4, -0.2) is 46.4 Å². The number of carbonyl (C=O) groups excluding carboxylic acids is 2. The summed E-state index contributed by atoms with van der Waals surface area (Å²) in [5.41, 5.74) is 10.5. The van der Waals surface area contributed by atoms with Gasteiger partial charge in [-0.3, -0.25) is 9.59 Å². The van der Waals surface area contributed by atoms with Crippen LogP contribution in [0.25, 0.3) is 0 Å². The molecule has 308 valence electrons. The fourth-order valence-corrected chi connectivity index (χ4v) is 9.77. The molecule has 0 aliphatic heterocycles. The third-order valence-corrected chi connectivity index (χ3v) is 12.4. The maximum atomic E-state index is 13.7. The molecule has 0 aromatic heterocycles. The molecule has 3 atom stereocenters. The maximum absolute atomic E-state index is 13.7. The standard InChI is InChI=1S/C52H53NO7/c1-56-44-23-15-38(16-24-44)51(36-11-7-5-8-12-36,39-17-25-45(57-2)26-18-39)42-33-43(35-48(34-42)60-50(55)32-31-49(53)54)52(37-13-9-6-10-14-37,40-19-27-46(58-3)28-20-40)41-21-29-47(59-4)30-22-41/h5-30,42-43,48H,31-35H2,1-4H3,(H2,53,54)/t42-,43+,48?. The zero-order chi connectivity index (χ0) is 42.1. The highest BCUT2D eigenvalue weighted by Crippen LogP contribution is 2.58. The van der Waals surface area contributed by atoms with Gasteiger partial charge in [-0.2, -0.15) is 0 Å². The molecule has 1 saturated carbocycles. The number of rotatable bonds is 16. The third-order valence-electron chi connectivity index (χ3n) is 12.4. The largest absolute Gasteiger partial charge is 0.497 e. The van der Waals surface area contributed by atoms with Crippen molar-refractivity contribution in [2.75, 3.05) is 28.4 Å². The molecule has 1 amide bonds. The van der Waals surface area contributed by atoms with E-state index < -0.39 is 28.8 Å². The number of esters is 1. The predicted molar refractivity (Wildman–Crippen MR) is 234 cm³/mol. The summed E-state index contributed by atoms with van der Waals surface area (Å²) in [6, 6.07) is 54.6. The first-order valence-electron chi connectivity index (χ1n) is 20.4. The first-order valence-corrected chi connectivity index (χ1v) is 20.4. The number of hydrogen-bond donors (Lipinski definition) is 1. The van der Waals surface area contributed by atoms with Gasteiger partial charge in [0.2, 0.25) is 5.91 Å². The lowest BCUT2D eigenvalue weighted by molar-refractivity contribution is -0.154. The van der Waals surface area contributed by atoms with Crippen molar-refractivity contribution in [1.29, 1.82) is 0 Å². The number of amides is 1. The minimum Gasteiger partial charge on any atom is -0.497 e. The molecule has 8 nitrogen and oxygen atoms in total. The van der Waals surface area contributed by atoms with Crippen LogP contribution in [0.3, 0.4) is 0 Å². The fourth-order valence-electron chi connectivity index (χ4n) is 9.77. The summed E-state index contributed by atoms with van der Waals surface area (Å²) in [4.78, 5) is 25.6. The molecule has 0 radical (unpaired) electrons. The first-order chi connectivity index (χ1) is 29.3. The quantitative estimate of drug-likeness (QED) is 0.0768. The lowest BCUT2D eigenvalue weighted by Gasteiger charge is -2.52. The van der Waals surface area contributed by atoms with Crippen LogP contribution in [0.5, 0.6) is 23.0 Å². The van der Waals surface area contributed by atoms with Gasteiger partial charge in [0.15, 0.2) is 0 Å². The maximum Gasteiger partial charge on any atom is 0.306 e. The van der Waals surface area contributed by atoms with Gasteiger partial charge < -0.3 is 29.4 Å². The number of ether oxygens (including phenoxy) is 5. The van der Waals surface area contributed by atoms with Gasteiger partial charge >= 0.3 is 5.97 Å². The molecule has 1 aliphatic carbocycles. The van der Waals surface area contributed by atoms with Gasteiger partial charge in [-0.05, 0) is 113 Å². The zero-order valence-corrected chi connectivity index (χ0v) is 34.7. The van der Waals surface area contributed by atoms with E-state index in [0.717, 1.165) is 62.8 Å². The number of nitrogens with two attached hydrogens (primary N) is 1. The summed E-state index contributed by atoms with van der Waals surface area (Å²) in [6.07, 6.45) is 1.10. The number of methoxy groups -OCH3 is 4. The fraction of sp³-hybridized carbons (Fsp3) is 0.269. The average molecular weight is 804 g/mol. The van der Waals surface area contributed by atoms with Crippen molar-refractivity contribution in [2.45, 2.75) is 49.0 Å². The van der Waals surface area contributed by atoms with Gasteiger partial charge in [0, 0.05) is 17.3 Å². The van der Waals surface area contributed by atoms with Gasteiger partial charge in [0.25, 0.3) is 0 Å². The van der Waals surface area contributed by atoms with E-state index in [9.17, 15) is 9.59 Å². The minimum absolute atomic E-state index is 0.0876. The van der Waals surface area contributed by atoms with Gasteiger partial charge in [0.1, 0.15) is 29.1 Å². The molecule has 8 heteroatoms. The van der Waals surface area contributed by atoms with Crippen molar-refractivity contribution in [3.8, 4) is 23.0 Å². The van der Waals surface area contributed by atoms with Crippen LogP contribution in [0.1, 0.15) is 65.5 Å². The van der Waals surface area contributed by atoms with Crippen molar-refractivity contribution >= 4 is 11.9 Å². The highest BCUT2D eigenvalue weighted by molar-refractivity contribution is 5.80. The van der Waals surface area contributed by atoms with Crippen molar-refractivity contribution in [2.24, 2.45) is 17.6 Å². The highest BCUT2D eigenvalue weighted by Gasteiger charge is 2.53. The van der Waals surface area contributed by atoms with Gasteiger partial charge in [-0.15, -0.1) is 0 Å². The molecule has 1 fully saturated rings. The van der Waals surface area contributed by atoms with E-state index in [0.29, 0.717) is 12.8 Å². The molecular formula is C52H53NO7. The first kappa shape index (κ1) is 41.6. The van der Waals surface area contributed by atoms with Crippen LogP contribution >= 0.6 is 0 Å². The molecule has 0 heterocycles. The van der Waals surface area contributed by atoms with Crippen LogP contribution in [0.2, 0.25) is 0 Å². The average Bonchev–Trinajstić information content (AvgIpc) is 3.30. The Hall–Kier alpha value is -6.54. The number of hydrogen-bond acceptors (Lipinski definition) is 7. The van der Waals surface area contributed by atoms with E-state index in [1.807, 2.05) is 60.7 Å². The molecule has 7 rings (SSSR count). The summed E-state index contributed by atoms with van der Waals surface area (Å²) < 4.78 is 29.3. The molecule has 6 aromatic carbocycles. The van der Waals surface area contributed by atoms with Gasteiger partial charge in [-0.1, -0.05) is 109 Å². The second-order valence-corrected chi connectivity index (χ2v) is 15.4. The molecule has 60 heavy (non-hydrogen) atoms. The van der Waals surface area contributed by atoms with Crippen LogP contribution in [0.4, 0.5) is 0 Å². The normalized spacial score (nSPS) is 16.6. The third kappa shape index (κ3) is 8.19. The smallest absolute Gasteiger partial charge is 0.306 e. The van der Waals surface area contributed by atoms with E-state index in [1.54, 1.807) is 28.4 Å². The molecule has 1 aliphatic rings. The van der Waals surface area contributed by atoms with Crippen LogP contribution in [-0.2, 0) is 25.2 Å². The second-order valence-electron chi connectivity index (χ2n) is 15.4. The summed E-state index contributed by atoms with van der Waals surface area (Å²) >= 11 is 0. The molecule has 0 spiro atoms. The Balaban J connectivity index is 1.54. The highest BCUT2D eigenvalue weighted by atomic mass is 16.5. The van der Waals surface area contributed by atoms with Crippen molar-refractivity contribution in [3.63, 3.8) is 0 Å².